The number of hydrogen-bond donors (Lipinski definition) is 0. The summed E-state index contributed by atoms with van der Waals surface area (Å²) in [6.45, 7) is 4.61. The molecule has 1 aromatic heterocycles. The molecule has 4 nitrogen and oxygen atoms in total. The third-order valence-corrected chi connectivity index (χ3v) is 4.04. The molecule has 1 aliphatic rings. The minimum absolute atomic E-state index is 0.264. The summed E-state index contributed by atoms with van der Waals surface area (Å²) < 4.78 is 1.94. The molecular formula is C16H21N3O. The normalized spacial score (nSPS) is 15.8. The van der Waals surface area contributed by atoms with Crippen LogP contribution in [-0.4, -0.2) is 33.7 Å². The van der Waals surface area contributed by atoms with Crippen molar-refractivity contribution in [1.29, 1.82) is 0 Å². The number of aromatic nitrogens is 2. The number of piperidine rings is 1. The van der Waals surface area contributed by atoms with Crippen LogP contribution in [0.4, 0.5) is 0 Å². The van der Waals surface area contributed by atoms with Crippen LogP contribution in [0.25, 0.3) is 10.9 Å². The molecule has 1 aromatic carbocycles. The lowest BCUT2D eigenvalue weighted by molar-refractivity contribution is -0.132. The molecule has 3 rings (SSSR count). The minimum atomic E-state index is 0.264. The summed E-state index contributed by atoms with van der Waals surface area (Å²) in [7, 11) is 0. The molecule has 1 saturated heterocycles. The van der Waals surface area contributed by atoms with Crippen molar-refractivity contribution in [2.75, 3.05) is 13.1 Å². The molecule has 2 heterocycles. The van der Waals surface area contributed by atoms with Gasteiger partial charge in [-0.15, -0.1) is 0 Å². The van der Waals surface area contributed by atoms with Gasteiger partial charge in [-0.05, 0) is 38.3 Å². The lowest BCUT2D eigenvalue weighted by Crippen LogP contribution is -2.36. The molecule has 2 aromatic rings. The van der Waals surface area contributed by atoms with E-state index in [1.165, 1.54) is 12.0 Å². The van der Waals surface area contributed by atoms with Gasteiger partial charge in [-0.1, -0.05) is 11.6 Å². The molecule has 1 amide bonds. The molecule has 106 valence electrons. The van der Waals surface area contributed by atoms with Gasteiger partial charge in [-0.3, -0.25) is 9.48 Å². The van der Waals surface area contributed by atoms with E-state index in [-0.39, 0.29) is 5.91 Å². The van der Waals surface area contributed by atoms with Crippen molar-refractivity contribution in [3.8, 4) is 0 Å². The number of amides is 1. The van der Waals surface area contributed by atoms with Crippen molar-refractivity contribution in [3.05, 3.63) is 30.0 Å². The Kier molecular flexibility index (Phi) is 3.72. The maximum absolute atomic E-state index is 12.2. The standard InChI is InChI=1S/C16H21N3O/c1-13-5-6-15-14(11-13)12-17-19(15)10-7-16(20)18-8-3-2-4-9-18/h5-6,11-12H,2-4,7-10H2,1H3. The van der Waals surface area contributed by atoms with Crippen LogP contribution in [0.1, 0.15) is 31.2 Å². The Bertz CT molecular complexity index is 611. The molecule has 0 spiro atoms. The van der Waals surface area contributed by atoms with Crippen molar-refractivity contribution >= 4 is 16.8 Å². The van der Waals surface area contributed by atoms with Crippen molar-refractivity contribution in [2.45, 2.75) is 39.2 Å². The highest BCUT2D eigenvalue weighted by molar-refractivity contribution is 5.80. The Morgan fingerprint density at radius 2 is 2.05 bits per heavy atom. The summed E-state index contributed by atoms with van der Waals surface area (Å²) >= 11 is 0. The Morgan fingerprint density at radius 1 is 1.25 bits per heavy atom. The number of rotatable bonds is 3. The number of fused-ring (bicyclic) bond motifs is 1. The average molecular weight is 271 g/mol. The zero-order chi connectivity index (χ0) is 13.9. The first-order valence-electron chi connectivity index (χ1n) is 7.44. The Labute approximate surface area is 119 Å². The number of benzene rings is 1. The second kappa shape index (κ2) is 5.65. The summed E-state index contributed by atoms with van der Waals surface area (Å²) in [5.74, 6) is 0.264. The topological polar surface area (TPSA) is 38.1 Å². The SMILES string of the molecule is Cc1ccc2c(cnn2CCC(=O)N2CCCCC2)c1. The number of hydrogen-bond acceptors (Lipinski definition) is 2. The number of likely N-dealkylation sites (tertiary alicyclic amines) is 1. The molecule has 0 radical (unpaired) electrons. The number of carbonyl (C=O) groups is 1. The highest BCUT2D eigenvalue weighted by Crippen LogP contribution is 2.16. The lowest BCUT2D eigenvalue weighted by atomic mass is 10.1. The van der Waals surface area contributed by atoms with E-state index in [0.717, 1.165) is 36.8 Å². The monoisotopic (exact) mass is 271 g/mol. The fraction of sp³-hybridized carbons (Fsp3) is 0.500. The van der Waals surface area contributed by atoms with Crippen LogP contribution in [-0.2, 0) is 11.3 Å². The van der Waals surface area contributed by atoms with Crippen molar-refractivity contribution in [3.63, 3.8) is 0 Å². The fourth-order valence-corrected chi connectivity index (χ4v) is 2.89. The summed E-state index contributed by atoms with van der Waals surface area (Å²) in [5.41, 5.74) is 2.35. The largest absolute Gasteiger partial charge is 0.343 e. The fourth-order valence-electron chi connectivity index (χ4n) is 2.89. The number of carbonyl (C=O) groups excluding carboxylic acids is 1. The van der Waals surface area contributed by atoms with Crippen LogP contribution >= 0.6 is 0 Å². The highest BCUT2D eigenvalue weighted by atomic mass is 16.2. The molecule has 4 heteroatoms. The van der Waals surface area contributed by atoms with Crippen LogP contribution in [0.2, 0.25) is 0 Å². The van der Waals surface area contributed by atoms with Gasteiger partial charge in [-0.25, -0.2) is 0 Å². The van der Waals surface area contributed by atoms with E-state index in [0.29, 0.717) is 13.0 Å². The van der Waals surface area contributed by atoms with E-state index in [9.17, 15) is 4.79 Å². The van der Waals surface area contributed by atoms with Gasteiger partial charge >= 0.3 is 0 Å². The smallest absolute Gasteiger partial charge is 0.224 e. The zero-order valence-corrected chi connectivity index (χ0v) is 12.0. The van der Waals surface area contributed by atoms with Crippen LogP contribution < -0.4 is 0 Å². The summed E-state index contributed by atoms with van der Waals surface area (Å²) in [6.07, 6.45) is 5.98. The molecule has 1 aliphatic heterocycles. The predicted octanol–water partition coefficient (Wildman–Crippen LogP) is 2.75. The van der Waals surface area contributed by atoms with Gasteiger partial charge < -0.3 is 4.90 Å². The van der Waals surface area contributed by atoms with Gasteiger partial charge in [0.2, 0.25) is 5.91 Å². The molecule has 0 N–H and O–H groups in total. The molecular weight excluding hydrogens is 250 g/mol. The number of nitrogens with zero attached hydrogens (tertiary/aromatic N) is 3. The molecule has 0 saturated carbocycles. The highest BCUT2D eigenvalue weighted by Gasteiger charge is 2.16. The molecule has 0 aliphatic carbocycles. The van der Waals surface area contributed by atoms with Gasteiger partial charge in [0.1, 0.15) is 0 Å². The summed E-state index contributed by atoms with van der Waals surface area (Å²) in [5, 5.41) is 5.55. The number of aryl methyl sites for hydroxylation is 2. The first kappa shape index (κ1) is 13.2. The van der Waals surface area contributed by atoms with Crippen LogP contribution in [0.3, 0.4) is 0 Å². The Morgan fingerprint density at radius 3 is 2.85 bits per heavy atom. The Hall–Kier alpha value is -1.84. The van der Waals surface area contributed by atoms with E-state index in [4.69, 9.17) is 0 Å². The second-order valence-corrected chi connectivity index (χ2v) is 5.62. The molecule has 0 bridgehead atoms. The van der Waals surface area contributed by atoms with E-state index in [1.54, 1.807) is 0 Å². The van der Waals surface area contributed by atoms with E-state index >= 15 is 0 Å². The molecule has 0 atom stereocenters. The molecule has 0 unspecified atom stereocenters. The first-order chi connectivity index (χ1) is 9.74. The van der Waals surface area contributed by atoms with Crippen molar-refractivity contribution in [2.24, 2.45) is 0 Å². The van der Waals surface area contributed by atoms with Gasteiger partial charge in [-0.2, -0.15) is 5.10 Å². The van der Waals surface area contributed by atoms with Crippen LogP contribution in [0.15, 0.2) is 24.4 Å². The van der Waals surface area contributed by atoms with Gasteiger partial charge in [0.15, 0.2) is 0 Å². The maximum atomic E-state index is 12.2. The zero-order valence-electron chi connectivity index (χ0n) is 12.0. The van der Waals surface area contributed by atoms with Crippen molar-refractivity contribution in [1.82, 2.24) is 14.7 Å². The second-order valence-electron chi connectivity index (χ2n) is 5.62. The molecule has 20 heavy (non-hydrogen) atoms. The maximum Gasteiger partial charge on any atom is 0.224 e. The predicted molar refractivity (Wildman–Crippen MR) is 79.5 cm³/mol. The summed E-state index contributed by atoms with van der Waals surface area (Å²) in [6, 6.07) is 6.31. The van der Waals surface area contributed by atoms with Crippen LogP contribution in [0, 0.1) is 6.92 Å². The minimum Gasteiger partial charge on any atom is -0.343 e. The van der Waals surface area contributed by atoms with Gasteiger partial charge in [0, 0.05) is 24.9 Å². The van der Waals surface area contributed by atoms with Crippen molar-refractivity contribution < 1.29 is 4.79 Å². The van der Waals surface area contributed by atoms with Crippen LogP contribution in [0.5, 0.6) is 0 Å². The first-order valence-corrected chi connectivity index (χ1v) is 7.44. The van der Waals surface area contributed by atoms with E-state index in [2.05, 4.69) is 30.2 Å². The third-order valence-electron chi connectivity index (χ3n) is 4.04. The molecule has 1 fully saturated rings. The third kappa shape index (κ3) is 2.69. The average Bonchev–Trinajstić information content (AvgIpc) is 2.88. The van der Waals surface area contributed by atoms with E-state index in [1.807, 2.05) is 15.8 Å². The van der Waals surface area contributed by atoms with Gasteiger partial charge in [0.05, 0.1) is 18.3 Å². The van der Waals surface area contributed by atoms with E-state index < -0.39 is 0 Å². The van der Waals surface area contributed by atoms with Gasteiger partial charge in [0.25, 0.3) is 0 Å². The summed E-state index contributed by atoms with van der Waals surface area (Å²) in [4.78, 5) is 14.2. The quantitative estimate of drug-likeness (QED) is 0.861. The Balaban J connectivity index is 1.66. The lowest BCUT2D eigenvalue weighted by Gasteiger charge is -2.26.